The number of benzene rings is 1. The Labute approximate surface area is 189 Å². The maximum absolute atomic E-state index is 12.8. The highest BCUT2D eigenvalue weighted by molar-refractivity contribution is 7.89. The molecule has 0 aliphatic carbocycles. The maximum atomic E-state index is 12.8. The lowest BCUT2D eigenvalue weighted by Gasteiger charge is -2.30. The molecule has 2 rings (SSSR count). The van der Waals surface area contributed by atoms with Gasteiger partial charge in [-0.1, -0.05) is 0 Å². The summed E-state index contributed by atoms with van der Waals surface area (Å²) < 4.78 is 31.3. The summed E-state index contributed by atoms with van der Waals surface area (Å²) in [5.74, 6) is -1.63. The van der Waals surface area contributed by atoms with E-state index in [2.05, 4.69) is 10.6 Å². The molecule has 2 N–H and O–H groups in total. The van der Waals surface area contributed by atoms with E-state index in [1.807, 2.05) is 4.90 Å². The Bertz CT molecular complexity index is 963. The molecule has 0 aromatic heterocycles. The van der Waals surface area contributed by atoms with Crippen molar-refractivity contribution in [3.8, 4) is 0 Å². The average Bonchev–Trinajstić information content (AvgIpc) is 2.70. The van der Waals surface area contributed by atoms with Crippen molar-refractivity contribution in [3.63, 3.8) is 0 Å². The third-order valence-corrected chi connectivity index (χ3v) is 6.55. The van der Waals surface area contributed by atoms with Crippen LogP contribution in [0.15, 0.2) is 23.1 Å². The van der Waals surface area contributed by atoms with E-state index in [1.165, 1.54) is 26.2 Å². The van der Waals surface area contributed by atoms with Crippen LogP contribution in [0.4, 0.5) is 10.5 Å². The lowest BCUT2D eigenvalue weighted by atomic mass is 10.1. The van der Waals surface area contributed by atoms with E-state index in [0.717, 1.165) is 36.7 Å². The number of nitrogens with zero attached hydrogens (tertiary/aromatic N) is 2. The summed E-state index contributed by atoms with van der Waals surface area (Å²) in [6.07, 6.45) is 3.00. The number of imide groups is 1. The Balaban J connectivity index is 2.21. The Hall–Kier alpha value is -2.66. The first-order chi connectivity index (χ1) is 14.8. The van der Waals surface area contributed by atoms with Gasteiger partial charge in [0.05, 0.1) is 16.1 Å². The fraction of sp³-hybridized carbons (Fsp3) is 0.571. The lowest BCUT2D eigenvalue weighted by molar-refractivity contribution is -0.123. The van der Waals surface area contributed by atoms with Crippen LogP contribution in [-0.4, -0.2) is 70.0 Å². The van der Waals surface area contributed by atoms with Crippen LogP contribution in [0.1, 0.15) is 50.4 Å². The Kier molecular flexibility index (Phi) is 8.24. The molecule has 11 heteroatoms. The molecule has 1 aromatic rings. The lowest BCUT2D eigenvalue weighted by Crippen LogP contribution is -2.49. The van der Waals surface area contributed by atoms with Gasteiger partial charge in [0.25, 0.3) is 5.91 Å². The van der Waals surface area contributed by atoms with Gasteiger partial charge in [-0.3, -0.25) is 10.1 Å². The molecule has 0 radical (unpaired) electrons. The standard InChI is InChI=1S/C21H32N4O6S/c1-21(2,3)23-20(28)22-18(26)14-31-19(27)16-13-15(32(29,30)24(4)5)9-10-17(16)25-11-7-6-8-12-25/h9-10,13H,6-8,11-12,14H2,1-5H3,(H2,22,23,26,28). The first-order valence-electron chi connectivity index (χ1n) is 10.4. The molecule has 32 heavy (non-hydrogen) atoms. The van der Waals surface area contributed by atoms with E-state index in [4.69, 9.17) is 4.74 Å². The Morgan fingerprint density at radius 3 is 2.28 bits per heavy atom. The number of amides is 3. The molecule has 1 aromatic carbocycles. The van der Waals surface area contributed by atoms with E-state index in [-0.39, 0.29) is 10.5 Å². The number of carbonyl (C=O) groups is 3. The van der Waals surface area contributed by atoms with Crippen molar-refractivity contribution in [1.29, 1.82) is 0 Å². The molecule has 0 unspecified atom stereocenters. The second-order valence-corrected chi connectivity index (χ2v) is 11.0. The molecule has 1 aliphatic heterocycles. The number of urea groups is 1. The number of ether oxygens (including phenoxy) is 1. The van der Waals surface area contributed by atoms with Crippen LogP contribution in [0.5, 0.6) is 0 Å². The van der Waals surface area contributed by atoms with Crippen LogP contribution < -0.4 is 15.5 Å². The number of nitrogens with one attached hydrogen (secondary N) is 2. The maximum Gasteiger partial charge on any atom is 0.340 e. The number of anilines is 1. The second kappa shape index (κ2) is 10.3. The molecule has 0 spiro atoms. The van der Waals surface area contributed by atoms with Gasteiger partial charge in [0.2, 0.25) is 10.0 Å². The van der Waals surface area contributed by atoms with E-state index in [1.54, 1.807) is 26.8 Å². The fourth-order valence-electron chi connectivity index (χ4n) is 3.20. The summed E-state index contributed by atoms with van der Waals surface area (Å²) >= 11 is 0. The summed E-state index contributed by atoms with van der Waals surface area (Å²) in [4.78, 5) is 38.6. The largest absolute Gasteiger partial charge is 0.452 e. The van der Waals surface area contributed by atoms with Gasteiger partial charge in [-0.05, 0) is 58.2 Å². The quantitative estimate of drug-likeness (QED) is 0.609. The van der Waals surface area contributed by atoms with E-state index < -0.39 is 40.1 Å². The van der Waals surface area contributed by atoms with E-state index in [9.17, 15) is 22.8 Å². The molecular formula is C21H32N4O6S. The summed E-state index contributed by atoms with van der Waals surface area (Å²) in [5, 5.41) is 4.66. The number of sulfonamides is 1. The van der Waals surface area contributed by atoms with Gasteiger partial charge >= 0.3 is 12.0 Å². The molecule has 1 aliphatic rings. The minimum atomic E-state index is -3.77. The molecule has 0 atom stereocenters. The molecule has 10 nitrogen and oxygen atoms in total. The number of hydrogen-bond donors (Lipinski definition) is 2. The van der Waals surface area contributed by atoms with Gasteiger partial charge in [-0.2, -0.15) is 0 Å². The van der Waals surface area contributed by atoms with Crippen LogP contribution in [0.3, 0.4) is 0 Å². The van der Waals surface area contributed by atoms with Crippen LogP contribution in [0.25, 0.3) is 0 Å². The van der Waals surface area contributed by atoms with Crippen LogP contribution in [-0.2, 0) is 19.6 Å². The van der Waals surface area contributed by atoms with Gasteiger partial charge in [0.15, 0.2) is 6.61 Å². The van der Waals surface area contributed by atoms with E-state index in [0.29, 0.717) is 5.69 Å². The average molecular weight is 469 g/mol. The SMILES string of the molecule is CN(C)S(=O)(=O)c1ccc(N2CCCCC2)c(C(=O)OCC(=O)NC(=O)NC(C)(C)C)c1. The molecule has 1 heterocycles. The summed E-state index contributed by atoms with van der Waals surface area (Å²) in [6.45, 7) is 6.05. The van der Waals surface area contributed by atoms with Gasteiger partial charge in [-0.15, -0.1) is 0 Å². The minimum Gasteiger partial charge on any atom is -0.452 e. The molecule has 1 saturated heterocycles. The van der Waals surface area contributed by atoms with E-state index >= 15 is 0 Å². The molecule has 1 fully saturated rings. The molecule has 0 saturated carbocycles. The van der Waals surface area contributed by atoms with Crippen molar-refractivity contribution < 1.29 is 27.5 Å². The third-order valence-electron chi connectivity index (χ3n) is 4.74. The predicted molar refractivity (Wildman–Crippen MR) is 120 cm³/mol. The normalized spacial score (nSPS) is 14.8. The van der Waals surface area contributed by atoms with Gasteiger partial charge in [0, 0.05) is 32.7 Å². The highest BCUT2D eigenvalue weighted by Crippen LogP contribution is 2.28. The van der Waals surface area contributed by atoms with Crippen molar-refractivity contribution in [1.82, 2.24) is 14.9 Å². The van der Waals surface area contributed by atoms with Gasteiger partial charge in [0.1, 0.15) is 0 Å². The van der Waals surface area contributed by atoms with Crippen molar-refractivity contribution in [2.24, 2.45) is 0 Å². The highest BCUT2D eigenvalue weighted by Gasteiger charge is 2.25. The first-order valence-corrected chi connectivity index (χ1v) is 11.9. The number of esters is 1. The summed E-state index contributed by atoms with van der Waals surface area (Å²) in [6, 6.07) is 3.62. The number of hydrogen-bond acceptors (Lipinski definition) is 7. The van der Waals surface area contributed by atoms with Gasteiger partial charge in [-0.25, -0.2) is 22.3 Å². The molecule has 3 amide bonds. The zero-order valence-corrected chi connectivity index (χ0v) is 20.0. The summed E-state index contributed by atoms with van der Waals surface area (Å²) in [7, 11) is -0.967. The zero-order valence-electron chi connectivity index (χ0n) is 19.2. The topological polar surface area (TPSA) is 125 Å². The van der Waals surface area contributed by atoms with Crippen LogP contribution in [0.2, 0.25) is 0 Å². The fourth-order valence-corrected chi connectivity index (χ4v) is 4.13. The monoisotopic (exact) mass is 468 g/mol. The van der Waals surface area contributed by atoms with Crippen molar-refractivity contribution in [2.45, 2.75) is 50.5 Å². The molecular weight excluding hydrogens is 436 g/mol. The first kappa shape index (κ1) is 25.6. The Morgan fingerprint density at radius 2 is 1.72 bits per heavy atom. The highest BCUT2D eigenvalue weighted by atomic mass is 32.2. The van der Waals surface area contributed by atoms with Crippen LogP contribution in [0, 0.1) is 0 Å². The number of piperidine rings is 1. The number of carbonyl (C=O) groups excluding carboxylic acids is 3. The third kappa shape index (κ3) is 6.92. The Morgan fingerprint density at radius 1 is 1.09 bits per heavy atom. The van der Waals surface area contributed by atoms with Crippen molar-refractivity contribution >= 4 is 33.6 Å². The van der Waals surface area contributed by atoms with Gasteiger partial charge < -0.3 is 15.0 Å². The smallest absolute Gasteiger partial charge is 0.340 e. The van der Waals surface area contributed by atoms with Crippen molar-refractivity contribution in [2.75, 3.05) is 38.7 Å². The predicted octanol–water partition coefficient (Wildman–Crippen LogP) is 1.71. The molecule has 178 valence electrons. The second-order valence-electron chi connectivity index (χ2n) is 8.84. The van der Waals surface area contributed by atoms with Crippen molar-refractivity contribution in [3.05, 3.63) is 23.8 Å². The minimum absolute atomic E-state index is 0.0517. The number of rotatable bonds is 6. The molecule has 0 bridgehead atoms. The van der Waals surface area contributed by atoms with Crippen LogP contribution >= 0.6 is 0 Å². The zero-order chi connectivity index (χ0) is 24.1. The summed E-state index contributed by atoms with van der Waals surface area (Å²) in [5.41, 5.74) is 0.0722.